The average molecular weight is 503 g/mol. The fraction of sp³-hybridized carbons (Fsp3) is 0.222. The van der Waals surface area contributed by atoms with E-state index < -0.39 is 15.1 Å². The molecule has 0 aliphatic rings. The van der Waals surface area contributed by atoms with Gasteiger partial charge < -0.3 is 9.55 Å². The van der Waals surface area contributed by atoms with E-state index in [1.54, 1.807) is 18.2 Å². The molecule has 3 heterocycles. The molecule has 0 aliphatic carbocycles. The number of nitrogens with one attached hydrogen (secondary N) is 1. The Kier molecular flexibility index (Phi) is 5.85. The third kappa shape index (κ3) is 3.84. The van der Waals surface area contributed by atoms with Crippen molar-refractivity contribution in [2.24, 2.45) is 0 Å². The van der Waals surface area contributed by atoms with Gasteiger partial charge in [0.1, 0.15) is 10.5 Å². The van der Waals surface area contributed by atoms with Crippen molar-refractivity contribution in [3.63, 3.8) is 0 Å². The predicted octanol–water partition coefficient (Wildman–Crippen LogP) is 5.59. The van der Waals surface area contributed by atoms with E-state index in [2.05, 4.69) is 27.5 Å². The highest BCUT2D eigenvalue weighted by Crippen LogP contribution is 2.33. The normalized spacial score (nSPS) is 11.9. The van der Waals surface area contributed by atoms with Crippen LogP contribution in [0.3, 0.4) is 0 Å². The van der Waals surface area contributed by atoms with E-state index in [-0.39, 0.29) is 5.43 Å². The average Bonchev–Trinajstić information content (AvgIpc) is 3.26. The van der Waals surface area contributed by atoms with Gasteiger partial charge in [-0.1, -0.05) is 26.3 Å². The zero-order valence-electron chi connectivity index (χ0n) is 19.8. The number of aromatic amines is 1. The summed E-state index contributed by atoms with van der Waals surface area (Å²) in [6, 6.07) is 12.3. The van der Waals surface area contributed by atoms with E-state index in [1.165, 1.54) is 12.3 Å². The summed E-state index contributed by atoms with van der Waals surface area (Å²) in [5, 5.41) is 11.2. The van der Waals surface area contributed by atoms with E-state index in [1.807, 2.05) is 19.1 Å². The first-order valence-corrected chi connectivity index (χ1v) is 13.1. The summed E-state index contributed by atoms with van der Waals surface area (Å²) in [5.41, 5.74) is 4.41. The van der Waals surface area contributed by atoms with Crippen LogP contribution in [0.25, 0.3) is 44.0 Å². The zero-order valence-corrected chi connectivity index (χ0v) is 20.6. The summed E-state index contributed by atoms with van der Waals surface area (Å²) in [6.07, 6.45) is 4.85. The van der Waals surface area contributed by atoms with Crippen molar-refractivity contribution in [3.05, 3.63) is 70.1 Å². The van der Waals surface area contributed by atoms with Crippen LogP contribution >= 0.6 is 0 Å². The minimum atomic E-state index is -4.92. The molecule has 0 saturated heterocycles. The lowest BCUT2D eigenvalue weighted by Gasteiger charge is -2.16. The van der Waals surface area contributed by atoms with Crippen LogP contribution in [0.4, 0.5) is 3.89 Å². The van der Waals surface area contributed by atoms with Crippen LogP contribution in [0.5, 0.6) is 0 Å². The van der Waals surface area contributed by atoms with Gasteiger partial charge in [-0.15, -0.1) is 3.89 Å². The van der Waals surface area contributed by atoms with Gasteiger partial charge >= 0.3 is 10.2 Å². The smallest absolute Gasteiger partial charge is 0.333 e. The van der Waals surface area contributed by atoms with Crippen molar-refractivity contribution < 1.29 is 12.3 Å². The lowest BCUT2D eigenvalue weighted by atomic mass is 9.96. The second-order valence-corrected chi connectivity index (χ2v) is 10.1. The van der Waals surface area contributed by atoms with Crippen LogP contribution in [0.1, 0.15) is 37.8 Å². The summed E-state index contributed by atoms with van der Waals surface area (Å²) in [5.74, 6) is 0. The molecule has 3 aromatic heterocycles. The third-order valence-electron chi connectivity index (χ3n) is 6.58. The molecule has 1 N–H and O–H groups in total. The quantitative estimate of drug-likeness (QED) is 0.305. The highest BCUT2D eigenvalue weighted by atomic mass is 32.3. The second-order valence-electron chi connectivity index (χ2n) is 8.78. The topological polar surface area (TPSA) is 109 Å². The molecule has 0 spiro atoms. The number of rotatable bonds is 6. The molecule has 0 atom stereocenters. The minimum Gasteiger partial charge on any atom is -0.340 e. The number of nitriles is 1. The number of hydrogen-bond acceptors (Lipinski definition) is 5. The van der Waals surface area contributed by atoms with Crippen molar-refractivity contribution >= 4 is 43.1 Å². The molecule has 0 radical (unpaired) electrons. The van der Waals surface area contributed by atoms with Gasteiger partial charge in [0, 0.05) is 40.8 Å². The van der Waals surface area contributed by atoms with Crippen molar-refractivity contribution in [1.29, 1.82) is 5.26 Å². The molecule has 0 bridgehead atoms. The Balaban J connectivity index is 1.90. The van der Waals surface area contributed by atoms with Crippen LogP contribution in [-0.2, 0) is 23.2 Å². The Hall–Kier alpha value is -4.03. The maximum Gasteiger partial charge on any atom is 0.333 e. The van der Waals surface area contributed by atoms with Gasteiger partial charge in [0.15, 0.2) is 5.43 Å². The fourth-order valence-corrected chi connectivity index (χ4v) is 5.24. The van der Waals surface area contributed by atoms with E-state index >= 15 is 0 Å². The Morgan fingerprint density at radius 2 is 1.92 bits per heavy atom. The van der Waals surface area contributed by atoms with Gasteiger partial charge in [-0.25, -0.2) is 0 Å². The molecule has 2 aromatic carbocycles. The third-order valence-corrected chi connectivity index (χ3v) is 7.37. The van der Waals surface area contributed by atoms with Gasteiger partial charge in [-0.05, 0) is 54.3 Å². The highest BCUT2D eigenvalue weighted by molar-refractivity contribution is 7.86. The maximum atomic E-state index is 13.8. The van der Waals surface area contributed by atoms with Crippen LogP contribution in [0.15, 0.2) is 58.5 Å². The molecular formula is C27H23FN4O3S. The number of nitrogens with zero attached hydrogens (tertiary/aromatic N) is 3. The zero-order chi connectivity index (χ0) is 25.6. The summed E-state index contributed by atoms with van der Waals surface area (Å²) >= 11 is 0. The lowest BCUT2D eigenvalue weighted by molar-refractivity contribution is 0.551. The first-order valence-electron chi connectivity index (χ1n) is 11.7. The molecular weight excluding hydrogens is 479 g/mol. The number of fused-ring (bicyclic) bond motifs is 4. The Morgan fingerprint density at radius 1 is 1.11 bits per heavy atom. The summed E-state index contributed by atoms with van der Waals surface area (Å²) in [6.45, 7) is 4.67. The van der Waals surface area contributed by atoms with Gasteiger partial charge in [-0.2, -0.15) is 13.7 Å². The van der Waals surface area contributed by atoms with E-state index in [4.69, 9.17) is 0 Å². The van der Waals surface area contributed by atoms with Gasteiger partial charge in [0.25, 0.3) is 0 Å². The summed E-state index contributed by atoms with van der Waals surface area (Å²) in [7, 11) is -4.92. The number of aromatic nitrogens is 3. The minimum absolute atomic E-state index is 0.122. The number of pyridine rings is 2. The Labute approximate surface area is 207 Å². The maximum absolute atomic E-state index is 13.8. The standard InChI is InChI=1S/C27H23FN4O3S/c1-3-5-8-32-24-12-21(18-10-19(15-30-14-18)36(28,34)35)17(4-2)11-22(24)26(33)25-20-7-6-16(13-29)9-23(20)31-27(25)32/h6-7,9-12,14-15,31H,3-5,8H2,1-2H3. The predicted molar refractivity (Wildman–Crippen MR) is 138 cm³/mol. The van der Waals surface area contributed by atoms with Crippen LogP contribution in [0.2, 0.25) is 0 Å². The number of unbranched alkanes of at least 4 members (excludes halogenated alkanes) is 1. The molecule has 182 valence electrons. The molecule has 36 heavy (non-hydrogen) atoms. The number of H-pyrrole nitrogens is 1. The highest BCUT2D eigenvalue weighted by Gasteiger charge is 2.20. The van der Waals surface area contributed by atoms with Crippen molar-refractivity contribution in [3.8, 4) is 17.2 Å². The summed E-state index contributed by atoms with van der Waals surface area (Å²) in [4.78, 5) is 20.6. The molecule has 0 unspecified atom stereocenters. The monoisotopic (exact) mass is 502 g/mol. The number of hydrogen-bond donors (Lipinski definition) is 1. The van der Waals surface area contributed by atoms with Crippen molar-refractivity contribution in [1.82, 2.24) is 14.5 Å². The molecule has 5 rings (SSSR count). The van der Waals surface area contributed by atoms with Gasteiger partial charge in [0.05, 0.1) is 22.5 Å². The van der Waals surface area contributed by atoms with E-state index in [0.717, 1.165) is 30.0 Å². The second kappa shape index (κ2) is 8.88. The molecule has 0 aliphatic heterocycles. The van der Waals surface area contributed by atoms with Crippen LogP contribution in [-0.4, -0.2) is 23.0 Å². The lowest BCUT2D eigenvalue weighted by Crippen LogP contribution is -2.12. The van der Waals surface area contributed by atoms with Gasteiger partial charge in [0.2, 0.25) is 0 Å². The molecule has 7 nitrogen and oxygen atoms in total. The molecule has 5 aromatic rings. The molecule has 0 amide bonds. The number of halogens is 1. The first-order chi connectivity index (χ1) is 17.3. The van der Waals surface area contributed by atoms with Crippen LogP contribution in [0, 0.1) is 11.3 Å². The van der Waals surface area contributed by atoms with Gasteiger partial charge in [-0.3, -0.25) is 9.78 Å². The molecule has 9 heteroatoms. The number of aryl methyl sites for hydroxylation is 2. The summed E-state index contributed by atoms with van der Waals surface area (Å²) < 4.78 is 38.8. The van der Waals surface area contributed by atoms with E-state index in [0.29, 0.717) is 57.1 Å². The van der Waals surface area contributed by atoms with Crippen molar-refractivity contribution in [2.45, 2.75) is 44.6 Å². The van der Waals surface area contributed by atoms with E-state index in [9.17, 15) is 22.4 Å². The SMILES string of the molecule is CCCCn1c2cc(-c3cncc(S(=O)(=O)F)c3)c(CC)cc2c(=O)c2c3ccc(C#N)cc3[nH]c21. The fourth-order valence-electron chi connectivity index (χ4n) is 4.79. The van der Waals surface area contributed by atoms with Crippen molar-refractivity contribution in [2.75, 3.05) is 0 Å². The Bertz CT molecular complexity index is 1880. The van der Waals surface area contributed by atoms with Crippen LogP contribution < -0.4 is 5.43 Å². The first kappa shape index (κ1) is 23.7. The molecule has 0 fully saturated rings. The number of benzene rings is 2. The largest absolute Gasteiger partial charge is 0.340 e. The molecule has 0 saturated carbocycles. The Morgan fingerprint density at radius 3 is 2.61 bits per heavy atom.